The van der Waals surface area contributed by atoms with Crippen molar-refractivity contribution in [2.24, 2.45) is 5.92 Å². The van der Waals surface area contributed by atoms with Crippen molar-refractivity contribution in [3.8, 4) is 0 Å². The Hall–Kier alpha value is -2.44. The average molecular weight is 426 g/mol. The van der Waals surface area contributed by atoms with Crippen LogP contribution in [0.15, 0.2) is 54.6 Å². The first kappa shape index (κ1) is 21.8. The van der Waals surface area contributed by atoms with E-state index >= 15 is 0 Å². The fourth-order valence-electron chi connectivity index (χ4n) is 4.95. The van der Waals surface area contributed by atoms with Gasteiger partial charge in [0.1, 0.15) is 12.4 Å². The maximum atomic E-state index is 14.1. The van der Waals surface area contributed by atoms with E-state index in [4.69, 9.17) is 4.74 Å². The summed E-state index contributed by atoms with van der Waals surface area (Å²) in [6.45, 7) is 6.43. The summed E-state index contributed by atoms with van der Waals surface area (Å²) in [7, 11) is 0. The third-order valence-corrected chi connectivity index (χ3v) is 6.52. The molecule has 0 aliphatic carbocycles. The minimum absolute atomic E-state index is 0.162. The Kier molecular flexibility index (Phi) is 7.20. The van der Waals surface area contributed by atoms with Gasteiger partial charge in [-0.2, -0.15) is 0 Å². The number of piperidine rings is 1. The Morgan fingerprint density at radius 2 is 1.90 bits per heavy atom. The second kappa shape index (κ2) is 10.2. The molecule has 1 amide bonds. The number of benzene rings is 2. The summed E-state index contributed by atoms with van der Waals surface area (Å²) in [4.78, 5) is 16.9. The molecule has 166 valence electrons. The molecule has 5 nitrogen and oxygen atoms in total. The highest BCUT2D eigenvalue weighted by Gasteiger charge is 2.37. The van der Waals surface area contributed by atoms with Crippen molar-refractivity contribution >= 4 is 6.09 Å². The molecule has 0 unspecified atom stereocenters. The molecule has 6 heteroatoms. The molecule has 2 aliphatic heterocycles. The Morgan fingerprint density at radius 1 is 1.13 bits per heavy atom. The molecule has 4 rings (SSSR count). The normalized spacial score (nSPS) is 21.6. The first-order valence-corrected chi connectivity index (χ1v) is 11.3. The summed E-state index contributed by atoms with van der Waals surface area (Å²) in [5, 5.41) is 3.43. The maximum absolute atomic E-state index is 14.1. The standard InChI is InChI=1S/C25H32FN3O2/c1-19-17-28(25(30)31-18-20-6-3-2-4-7-20)14-15-29(19)24(21-10-12-27-13-11-21)22-8-5-9-23(26)16-22/h2-9,16,19,21,24,27H,10-15,17-18H2,1H3/t19-,24+/m0/s1. The summed E-state index contributed by atoms with van der Waals surface area (Å²) >= 11 is 0. The zero-order chi connectivity index (χ0) is 21.6. The second-order valence-electron chi connectivity index (χ2n) is 8.66. The molecule has 2 fully saturated rings. The molecule has 2 aliphatic rings. The number of rotatable bonds is 5. The third-order valence-electron chi connectivity index (χ3n) is 6.52. The molecule has 0 saturated carbocycles. The summed E-state index contributed by atoms with van der Waals surface area (Å²) < 4.78 is 19.6. The van der Waals surface area contributed by atoms with Gasteiger partial charge in [0.15, 0.2) is 0 Å². The van der Waals surface area contributed by atoms with Gasteiger partial charge < -0.3 is 15.0 Å². The van der Waals surface area contributed by atoms with Crippen LogP contribution >= 0.6 is 0 Å². The van der Waals surface area contributed by atoms with Crippen molar-refractivity contribution < 1.29 is 13.9 Å². The fraction of sp³-hybridized carbons (Fsp3) is 0.480. The first-order chi connectivity index (χ1) is 15.1. The van der Waals surface area contributed by atoms with Crippen molar-refractivity contribution in [3.63, 3.8) is 0 Å². The van der Waals surface area contributed by atoms with E-state index in [1.54, 1.807) is 17.0 Å². The highest BCUT2D eigenvalue weighted by Crippen LogP contribution is 2.36. The quantitative estimate of drug-likeness (QED) is 0.780. The van der Waals surface area contributed by atoms with E-state index in [9.17, 15) is 9.18 Å². The Morgan fingerprint density at radius 3 is 2.61 bits per heavy atom. The third kappa shape index (κ3) is 5.43. The number of nitrogens with one attached hydrogen (secondary N) is 1. The molecule has 0 bridgehead atoms. The molecule has 0 spiro atoms. The lowest BCUT2D eigenvalue weighted by atomic mass is 9.83. The van der Waals surface area contributed by atoms with Crippen LogP contribution in [0.1, 0.15) is 36.9 Å². The van der Waals surface area contributed by atoms with E-state index in [2.05, 4.69) is 17.1 Å². The van der Waals surface area contributed by atoms with Gasteiger partial charge in [-0.3, -0.25) is 4.90 Å². The predicted molar refractivity (Wildman–Crippen MR) is 119 cm³/mol. The van der Waals surface area contributed by atoms with Gasteiger partial charge in [0.05, 0.1) is 0 Å². The molecule has 2 aromatic rings. The van der Waals surface area contributed by atoms with Gasteiger partial charge in [0, 0.05) is 31.7 Å². The number of ether oxygens (including phenoxy) is 1. The lowest BCUT2D eigenvalue weighted by Gasteiger charge is -2.47. The van der Waals surface area contributed by atoms with Gasteiger partial charge in [-0.1, -0.05) is 42.5 Å². The van der Waals surface area contributed by atoms with Gasteiger partial charge in [-0.15, -0.1) is 0 Å². The van der Waals surface area contributed by atoms with E-state index in [0.717, 1.165) is 43.6 Å². The molecule has 31 heavy (non-hydrogen) atoms. The van der Waals surface area contributed by atoms with Crippen LogP contribution in [0.3, 0.4) is 0 Å². The number of amides is 1. The molecule has 0 radical (unpaired) electrons. The predicted octanol–water partition coefficient (Wildman–Crippen LogP) is 4.21. The lowest BCUT2D eigenvalue weighted by molar-refractivity contribution is 0.0124. The number of hydrogen-bond donors (Lipinski definition) is 1. The molecule has 2 heterocycles. The van der Waals surface area contributed by atoms with Crippen molar-refractivity contribution in [3.05, 3.63) is 71.5 Å². The highest BCUT2D eigenvalue weighted by atomic mass is 19.1. The van der Waals surface area contributed by atoms with Crippen molar-refractivity contribution in [2.75, 3.05) is 32.7 Å². The molecule has 2 saturated heterocycles. The molecular formula is C25H32FN3O2. The van der Waals surface area contributed by atoms with Crippen LogP contribution in [0, 0.1) is 11.7 Å². The summed E-state index contributed by atoms with van der Waals surface area (Å²) in [5.41, 5.74) is 2.03. The molecule has 0 aromatic heterocycles. The number of halogens is 1. The molecule has 2 atom stereocenters. The van der Waals surface area contributed by atoms with E-state index in [1.165, 1.54) is 6.07 Å². The number of carbonyl (C=O) groups is 1. The second-order valence-corrected chi connectivity index (χ2v) is 8.66. The van der Waals surface area contributed by atoms with Crippen LogP contribution in [-0.2, 0) is 11.3 Å². The number of carbonyl (C=O) groups excluding carboxylic acids is 1. The highest BCUT2D eigenvalue weighted by molar-refractivity contribution is 5.67. The monoisotopic (exact) mass is 425 g/mol. The van der Waals surface area contributed by atoms with Crippen molar-refractivity contribution in [1.82, 2.24) is 15.1 Å². The van der Waals surface area contributed by atoms with E-state index < -0.39 is 0 Å². The van der Waals surface area contributed by atoms with Gasteiger partial charge >= 0.3 is 6.09 Å². The lowest BCUT2D eigenvalue weighted by Crippen LogP contribution is -2.56. The Balaban J connectivity index is 1.43. The summed E-state index contributed by atoms with van der Waals surface area (Å²) in [6.07, 6.45) is 1.89. The van der Waals surface area contributed by atoms with Crippen LogP contribution in [0.25, 0.3) is 0 Å². The molecular weight excluding hydrogens is 393 g/mol. The SMILES string of the molecule is C[C@H]1CN(C(=O)OCc2ccccc2)CCN1[C@@H](c1cccc(F)c1)C1CCNCC1. The molecule has 1 N–H and O–H groups in total. The Bertz CT molecular complexity index is 857. The maximum Gasteiger partial charge on any atom is 0.410 e. The van der Waals surface area contributed by atoms with E-state index in [-0.39, 0.29) is 30.6 Å². The zero-order valence-corrected chi connectivity index (χ0v) is 18.2. The summed E-state index contributed by atoms with van der Waals surface area (Å²) in [6, 6.07) is 17.1. The van der Waals surface area contributed by atoms with Crippen LogP contribution in [0.5, 0.6) is 0 Å². The van der Waals surface area contributed by atoms with Crippen LogP contribution in [0.4, 0.5) is 9.18 Å². The van der Waals surface area contributed by atoms with Crippen LogP contribution < -0.4 is 5.32 Å². The van der Waals surface area contributed by atoms with Crippen molar-refractivity contribution in [1.29, 1.82) is 0 Å². The number of hydrogen-bond acceptors (Lipinski definition) is 4. The van der Waals surface area contributed by atoms with Gasteiger partial charge in [-0.05, 0) is 62.0 Å². The minimum Gasteiger partial charge on any atom is -0.445 e. The topological polar surface area (TPSA) is 44.8 Å². The fourth-order valence-corrected chi connectivity index (χ4v) is 4.95. The Labute approximate surface area is 184 Å². The smallest absolute Gasteiger partial charge is 0.410 e. The minimum atomic E-state index is -0.264. The van der Waals surface area contributed by atoms with Crippen LogP contribution in [0.2, 0.25) is 0 Å². The zero-order valence-electron chi connectivity index (χ0n) is 18.2. The van der Waals surface area contributed by atoms with Gasteiger partial charge in [0.2, 0.25) is 0 Å². The van der Waals surface area contributed by atoms with Gasteiger partial charge in [-0.25, -0.2) is 9.18 Å². The summed E-state index contributed by atoms with van der Waals surface area (Å²) in [5.74, 6) is 0.286. The molecule has 2 aromatic carbocycles. The van der Waals surface area contributed by atoms with E-state index in [0.29, 0.717) is 19.0 Å². The average Bonchev–Trinajstić information content (AvgIpc) is 2.80. The number of nitrogens with zero attached hydrogens (tertiary/aromatic N) is 2. The van der Waals surface area contributed by atoms with E-state index in [1.807, 2.05) is 36.4 Å². The largest absolute Gasteiger partial charge is 0.445 e. The van der Waals surface area contributed by atoms with Gasteiger partial charge in [0.25, 0.3) is 0 Å². The first-order valence-electron chi connectivity index (χ1n) is 11.3. The van der Waals surface area contributed by atoms with Crippen molar-refractivity contribution in [2.45, 2.75) is 38.5 Å². The number of piperazine rings is 1. The van der Waals surface area contributed by atoms with Crippen LogP contribution in [-0.4, -0.2) is 54.7 Å².